The lowest BCUT2D eigenvalue weighted by molar-refractivity contribution is 0.334. The second-order valence-electron chi connectivity index (χ2n) is 4.39. The average Bonchev–Trinajstić information content (AvgIpc) is 2.73. The summed E-state index contributed by atoms with van der Waals surface area (Å²) in [6.45, 7) is 6.83. The summed E-state index contributed by atoms with van der Waals surface area (Å²) < 4.78 is 5.72. The predicted molar refractivity (Wildman–Crippen MR) is 80.1 cm³/mol. The first-order chi connectivity index (χ1) is 9.17. The van der Waals surface area contributed by atoms with Crippen LogP contribution in [0.25, 0.3) is 0 Å². The summed E-state index contributed by atoms with van der Waals surface area (Å²) in [4.78, 5) is 5.93. The monoisotopic (exact) mass is 276 g/mol. The average molecular weight is 276 g/mol. The molecule has 0 aliphatic rings. The van der Waals surface area contributed by atoms with Crippen LogP contribution in [-0.4, -0.2) is 18.6 Å². The number of hydrogen-bond donors (Lipinski definition) is 1. The standard InChI is InChI=1S/C15H20N2OS/c1-5-18-13-9-7-6-8-12(13)14(16-4)15-17-10(2)11(3)19-15/h6-9,14,16H,5H2,1-4H3. The summed E-state index contributed by atoms with van der Waals surface area (Å²) in [6.07, 6.45) is 0. The van der Waals surface area contributed by atoms with Gasteiger partial charge in [-0.05, 0) is 33.9 Å². The van der Waals surface area contributed by atoms with Gasteiger partial charge in [0.05, 0.1) is 18.3 Å². The largest absolute Gasteiger partial charge is 0.494 e. The Bertz CT molecular complexity index is 531. The van der Waals surface area contributed by atoms with Gasteiger partial charge in [0.15, 0.2) is 0 Å². The zero-order valence-corrected chi connectivity index (χ0v) is 12.7. The van der Waals surface area contributed by atoms with Gasteiger partial charge >= 0.3 is 0 Å². The van der Waals surface area contributed by atoms with Crippen molar-refractivity contribution < 1.29 is 4.74 Å². The Balaban J connectivity index is 2.41. The summed E-state index contributed by atoms with van der Waals surface area (Å²) in [7, 11) is 1.96. The molecule has 4 heteroatoms. The Kier molecular flexibility index (Phi) is 4.56. The van der Waals surface area contributed by atoms with Crippen LogP contribution in [0.5, 0.6) is 5.75 Å². The molecule has 19 heavy (non-hydrogen) atoms. The van der Waals surface area contributed by atoms with Gasteiger partial charge < -0.3 is 10.1 Å². The van der Waals surface area contributed by atoms with E-state index in [0.29, 0.717) is 6.61 Å². The Morgan fingerprint density at radius 1 is 1.32 bits per heavy atom. The highest BCUT2D eigenvalue weighted by Crippen LogP contribution is 2.32. The smallest absolute Gasteiger partial charge is 0.124 e. The molecule has 0 saturated heterocycles. The maximum Gasteiger partial charge on any atom is 0.124 e. The van der Waals surface area contributed by atoms with Crippen LogP contribution >= 0.6 is 11.3 Å². The molecule has 0 fully saturated rings. The molecule has 0 spiro atoms. The lowest BCUT2D eigenvalue weighted by Crippen LogP contribution is -2.18. The number of ether oxygens (including phenoxy) is 1. The molecule has 3 nitrogen and oxygen atoms in total. The predicted octanol–water partition coefficient (Wildman–Crippen LogP) is 3.47. The molecule has 1 aromatic carbocycles. The quantitative estimate of drug-likeness (QED) is 0.908. The van der Waals surface area contributed by atoms with Crippen molar-refractivity contribution in [3.05, 3.63) is 45.4 Å². The van der Waals surface area contributed by atoms with E-state index in [-0.39, 0.29) is 6.04 Å². The number of nitrogens with zero attached hydrogens (tertiary/aromatic N) is 1. The molecule has 1 heterocycles. The fourth-order valence-corrected chi connectivity index (χ4v) is 3.09. The maximum atomic E-state index is 5.72. The van der Waals surface area contributed by atoms with E-state index in [4.69, 9.17) is 4.74 Å². The fraction of sp³-hybridized carbons (Fsp3) is 0.400. The Morgan fingerprint density at radius 2 is 2.05 bits per heavy atom. The van der Waals surface area contributed by atoms with Crippen LogP contribution in [0, 0.1) is 13.8 Å². The number of para-hydroxylation sites is 1. The fourth-order valence-electron chi connectivity index (χ4n) is 2.04. The molecule has 0 amide bonds. The minimum Gasteiger partial charge on any atom is -0.494 e. The summed E-state index contributed by atoms with van der Waals surface area (Å²) in [6, 6.07) is 8.23. The van der Waals surface area contributed by atoms with Crippen LogP contribution in [0.1, 0.15) is 34.1 Å². The number of benzene rings is 1. The summed E-state index contributed by atoms with van der Waals surface area (Å²) in [5, 5.41) is 4.43. The minimum atomic E-state index is 0.0835. The maximum absolute atomic E-state index is 5.72. The summed E-state index contributed by atoms with van der Waals surface area (Å²) in [5.41, 5.74) is 2.25. The van der Waals surface area contributed by atoms with Crippen LogP contribution < -0.4 is 10.1 Å². The van der Waals surface area contributed by atoms with Gasteiger partial charge in [0.2, 0.25) is 0 Å². The van der Waals surface area contributed by atoms with E-state index in [0.717, 1.165) is 22.0 Å². The van der Waals surface area contributed by atoms with E-state index in [1.165, 1.54) is 4.88 Å². The summed E-state index contributed by atoms with van der Waals surface area (Å²) in [5.74, 6) is 0.926. The zero-order chi connectivity index (χ0) is 13.8. The third-order valence-corrected chi connectivity index (χ3v) is 4.25. The molecule has 0 aliphatic carbocycles. The van der Waals surface area contributed by atoms with Crippen LogP contribution in [0.4, 0.5) is 0 Å². The Labute approximate surface area is 118 Å². The molecular formula is C15H20N2OS. The van der Waals surface area contributed by atoms with Gasteiger partial charge in [-0.25, -0.2) is 4.98 Å². The van der Waals surface area contributed by atoms with Gasteiger partial charge in [-0.3, -0.25) is 0 Å². The second kappa shape index (κ2) is 6.17. The van der Waals surface area contributed by atoms with E-state index < -0.39 is 0 Å². The molecule has 0 bridgehead atoms. The minimum absolute atomic E-state index is 0.0835. The van der Waals surface area contributed by atoms with E-state index in [9.17, 15) is 0 Å². The molecule has 0 radical (unpaired) electrons. The van der Waals surface area contributed by atoms with Gasteiger partial charge in [0, 0.05) is 10.4 Å². The third kappa shape index (κ3) is 2.96. The van der Waals surface area contributed by atoms with Gasteiger partial charge in [0.1, 0.15) is 10.8 Å². The van der Waals surface area contributed by atoms with Crippen molar-refractivity contribution in [2.24, 2.45) is 0 Å². The highest BCUT2D eigenvalue weighted by atomic mass is 32.1. The second-order valence-corrected chi connectivity index (χ2v) is 5.62. The molecule has 1 aromatic heterocycles. The molecule has 1 unspecified atom stereocenters. The van der Waals surface area contributed by atoms with E-state index in [1.54, 1.807) is 11.3 Å². The van der Waals surface area contributed by atoms with Gasteiger partial charge in [-0.15, -0.1) is 11.3 Å². The first kappa shape index (κ1) is 14.0. The number of hydrogen-bond acceptors (Lipinski definition) is 4. The molecule has 2 rings (SSSR count). The molecule has 2 aromatic rings. The van der Waals surface area contributed by atoms with Crippen LogP contribution in [0.15, 0.2) is 24.3 Å². The van der Waals surface area contributed by atoms with Crippen molar-refractivity contribution in [2.45, 2.75) is 26.8 Å². The molecular weight excluding hydrogens is 256 g/mol. The normalized spacial score (nSPS) is 12.4. The van der Waals surface area contributed by atoms with Gasteiger partial charge in [-0.1, -0.05) is 18.2 Å². The number of thiazole rings is 1. The van der Waals surface area contributed by atoms with E-state index in [2.05, 4.69) is 30.2 Å². The number of aryl methyl sites for hydroxylation is 2. The lowest BCUT2D eigenvalue weighted by atomic mass is 10.1. The SMILES string of the molecule is CCOc1ccccc1C(NC)c1nc(C)c(C)s1. The van der Waals surface area contributed by atoms with Crippen molar-refractivity contribution in [3.8, 4) is 5.75 Å². The number of rotatable bonds is 5. The van der Waals surface area contributed by atoms with Crippen LogP contribution in [0.3, 0.4) is 0 Å². The molecule has 1 N–H and O–H groups in total. The molecule has 102 valence electrons. The first-order valence-corrected chi connectivity index (χ1v) is 7.32. The third-order valence-electron chi connectivity index (χ3n) is 3.11. The van der Waals surface area contributed by atoms with E-state index >= 15 is 0 Å². The van der Waals surface area contributed by atoms with Crippen LogP contribution in [0.2, 0.25) is 0 Å². The van der Waals surface area contributed by atoms with Crippen LogP contribution in [-0.2, 0) is 0 Å². The molecule has 0 saturated carbocycles. The van der Waals surface area contributed by atoms with Crippen molar-refractivity contribution in [2.75, 3.05) is 13.7 Å². The molecule has 0 aliphatic heterocycles. The zero-order valence-electron chi connectivity index (χ0n) is 11.9. The number of aromatic nitrogens is 1. The van der Waals surface area contributed by atoms with Crippen molar-refractivity contribution >= 4 is 11.3 Å². The topological polar surface area (TPSA) is 34.1 Å². The highest BCUT2D eigenvalue weighted by Gasteiger charge is 2.20. The molecule has 1 atom stereocenters. The summed E-state index contributed by atoms with van der Waals surface area (Å²) >= 11 is 1.74. The van der Waals surface area contributed by atoms with Gasteiger partial charge in [0.25, 0.3) is 0 Å². The lowest BCUT2D eigenvalue weighted by Gasteiger charge is -2.17. The van der Waals surface area contributed by atoms with Crippen molar-refractivity contribution in [1.29, 1.82) is 0 Å². The van der Waals surface area contributed by atoms with Crippen molar-refractivity contribution in [1.82, 2.24) is 10.3 Å². The van der Waals surface area contributed by atoms with Gasteiger partial charge in [-0.2, -0.15) is 0 Å². The van der Waals surface area contributed by atoms with E-state index in [1.807, 2.05) is 32.2 Å². The first-order valence-electron chi connectivity index (χ1n) is 6.50. The Hall–Kier alpha value is -1.39. The highest BCUT2D eigenvalue weighted by molar-refractivity contribution is 7.11. The van der Waals surface area contributed by atoms with Crippen molar-refractivity contribution in [3.63, 3.8) is 0 Å². The Morgan fingerprint density at radius 3 is 2.63 bits per heavy atom. The number of nitrogens with one attached hydrogen (secondary N) is 1.